The molecule has 2 amide bonds. The number of anilines is 1. The van der Waals surface area contributed by atoms with Gasteiger partial charge in [0, 0.05) is 6.04 Å². The summed E-state index contributed by atoms with van der Waals surface area (Å²) < 4.78 is 4.60. The van der Waals surface area contributed by atoms with Gasteiger partial charge in [0.05, 0.1) is 23.4 Å². The lowest BCUT2D eigenvalue weighted by atomic mass is 10.2. The summed E-state index contributed by atoms with van der Waals surface area (Å²) in [7, 11) is 1.26. The van der Waals surface area contributed by atoms with Crippen molar-refractivity contribution < 1.29 is 19.1 Å². The second-order valence-corrected chi connectivity index (χ2v) is 5.20. The third-order valence-corrected chi connectivity index (χ3v) is 3.33. The lowest BCUT2D eigenvalue weighted by molar-refractivity contribution is -0.127. The van der Waals surface area contributed by atoms with Crippen molar-refractivity contribution in [3.05, 3.63) is 28.8 Å². The fourth-order valence-electron chi connectivity index (χ4n) is 1.63. The molecule has 0 aliphatic rings. The molecule has 0 spiro atoms. The highest BCUT2D eigenvalue weighted by molar-refractivity contribution is 6.34. The van der Waals surface area contributed by atoms with Gasteiger partial charge in [-0.2, -0.15) is 0 Å². The summed E-state index contributed by atoms with van der Waals surface area (Å²) in [5.74, 6) is -1.42. The van der Waals surface area contributed by atoms with Crippen molar-refractivity contribution in [1.82, 2.24) is 5.32 Å². The Hall–Kier alpha value is -2.08. The Kier molecular flexibility index (Phi) is 6.85. The number of hydrogen-bond acceptors (Lipinski definition) is 4. The van der Waals surface area contributed by atoms with Gasteiger partial charge in [0.25, 0.3) is 0 Å². The Morgan fingerprint density at radius 1 is 1.27 bits per heavy atom. The fraction of sp³-hybridized carbons (Fsp3) is 0.400. The van der Waals surface area contributed by atoms with Crippen LogP contribution in [0.3, 0.4) is 0 Å². The average Bonchev–Trinajstić information content (AvgIpc) is 2.48. The van der Waals surface area contributed by atoms with Gasteiger partial charge in [-0.1, -0.05) is 18.5 Å². The Labute approximate surface area is 134 Å². The molecule has 22 heavy (non-hydrogen) atoms. The second-order valence-electron chi connectivity index (χ2n) is 4.79. The highest BCUT2D eigenvalue weighted by Gasteiger charge is 2.14. The van der Waals surface area contributed by atoms with Gasteiger partial charge in [0.2, 0.25) is 11.8 Å². The van der Waals surface area contributed by atoms with Gasteiger partial charge < -0.3 is 15.4 Å². The molecule has 0 aromatic heterocycles. The van der Waals surface area contributed by atoms with E-state index in [1.165, 1.54) is 25.3 Å². The van der Waals surface area contributed by atoms with Crippen LogP contribution in [0.2, 0.25) is 5.02 Å². The summed E-state index contributed by atoms with van der Waals surface area (Å²) in [5, 5.41) is 5.47. The van der Waals surface area contributed by atoms with Crippen molar-refractivity contribution in [2.24, 2.45) is 0 Å². The van der Waals surface area contributed by atoms with Gasteiger partial charge in [-0.25, -0.2) is 4.79 Å². The molecule has 0 heterocycles. The predicted molar refractivity (Wildman–Crippen MR) is 83.9 cm³/mol. The Morgan fingerprint density at radius 2 is 1.95 bits per heavy atom. The average molecular weight is 327 g/mol. The minimum atomic E-state index is -0.540. The maximum atomic E-state index is 11.8. The first-order valence-corrected chi connectivity index (χ1v) is 7.22. The van der Waals surface area contributed by atoms with E-state index >= 15 is 0 Å². The fourth-order valence-corrected chi connectivity index (χ4v) is 1.80. The van der Waals surface area contributed by atoms with E-state index in [0.29, 0.717) is 0 Å². The number of halogens is 1. The van der Waals surface area contributed by atoms with Crippen molar-refractivity contribution in [2.75, 3.05) is 12.4 Å². The second kappa shape index (κ2) is 8.38. The zero-order valence-electron chi connectivity index (χ0n) is 12.7. The van der Waals surface area contributed by atoms with Crippen molar-refractivity contribution in [3.8, 4) is 0 Å². The van der Waals surface area contributed by atoms with Crippen LogP contribution in [0.25, 0.3) is 0 Å². The van der Waals surface area contributed by atoms with Gasteiger partial charge in [-0.3, -0.25) is 9.59 Å². The van der Waals surface area contributed by atoms with Crippen LogP contribution in [0.1, 0.15) is 37.0 Å². The predicted octanol–water partition coefficient (Wildman–Crippen LogP) is 2.37. The van der Waals surface area contributed by atoms with Gasteiger partial charge in [0.15, 0.2) is 0 Å². The van der Waals surface area contributed by atoms with Crippen molar-refractivity contribution in [2.45, 2.75) is 32.7 Å². The van der Waals surface area contributed by atoms with Crippen LogP contribution in [-0.4, -0.2) is 30.9 Å². The number of methoxy groups -OCH3 is 1. The van der Waals surface area contributed by atoms with E-state index in [0.717, 1.165) is 6.42 Å². The first-order chi connectivity index (χ1) is 10.4. The number of benzene rings is 1. The minimum Gasteiger partial charge on any atom is -0.465 e. The monoisotopic (exact) mass is 326 g/mol. The molecule has 0 bridgehead atoms. The van der Waals surface area contributed by atoms with Crippen LogP contribution >= 0.6 is 11.6 Å². The van der Waals surface area contributed by atoms with E-state index in [1.807, 2.05) is 13.8 Å². The molecule has 0 aliphatic heterocycles. The van der Waals surface area contributed by atoms with Crippen LogP contribution in [0, 0.1) is 0 Å². The maximum Gasteiger partial charge on any atom is 0.337 e. The van der Waals surface area contributed by atoms with E-state index in [4.69, 9.17) is 11.6 Å². The van der Waals surface area contributed by atoms with Crippen LogP contribution in [0.5, 0.6) is 0 Å². The van der Waals surface area contributed by atoms with Crippen LogP contribution < -0.4 is 10.6 Å². The maximum absolute atomic E-state index is 11.8. The smallest absolute Gasteiger partial charge is 0.337 e. The molecule has 1 unspecified atom stereocenters. The van der Waals surface area contributed by atoms with Gasteiger partial charge in [0.1, 0.15) is 6.42 Å². The molecular formula is C15H19ClN2O4. The molecular weight excluding hydrogens is 308 g/mol. The Morgan fingerprint density at radius 3 is 2.55 bits per heavy atom. The molecule has 7 heteroatoms. The van der Waals surface area contributed by atoms with Crippen molar-refractivity contribution in [3.63, 3.8) is 0 Å². The summed E-state index contributed by atoms with van der Waals surface area (Å²) in [5.41, 5.74) is 0.511. The normalized spacial score (nSPS) is 11.5. The number of nitrogens with one attached hydrogen (secondary N) is 2. The Bertz CT molecular complexity index is 575. The summed E-state index contributed by atoms with van der Waals surface area (Å²) in [6.45, 7) is 3.79. The van der Waals surface area contributed by atoms with Crippen molar-refractivity contribution in [1.29, 1.82) is 0 Å². The van der Waals surface area contributed by atoms with E-state index in [9.17, 15) is 14.4 Å². The molecule has 0 radical (unpaired) electrons. The highest BCUT2D eigenvalue weighted by Crippen LogP contribution is 2.23. The topological polar surface area (TPSA) is 84.5 Å². The number of esters is 1. The largest absolute Gasteiger partial charge is 0.465 e. The van der Waals surface area contributed by atoms with E-state index in [1.54, 1.807) is 0 Å². The standard InChI is InChI=1S/C15H19ClN2O4/c1-4-9(2)17-13(19)8-14(20)18-12-7-10(15(21)22-3)5-6-11(12)16/h5-7,9H,4,8H2,1-3H3,(H,17,19)(H,18,20). The number of hydrogen-bond donors (Lipinski definition) is 2. The molecule has 0 saturated carbocycles. The molecule has 0 aliphatic carbocycles. The lowest BCUT2D eigenvalue weighted by Crippen LogP contribution is -2.34. The van der Waals surface area contributed by atoms with Crippen LogP contribution in [-0.2, 0) is 14.3 Å². The van der Waals surface area contributed by atoms with E-state index in [2.05, 4.69) is 15.4 Å². The number of amides is 2. The molecule has 0 fully saturated rings. The molecule has 2 N–H and O–H groups in total. The summed E-state index contributed by atoms with van der Waals surface area (Å²) in [6, 6.07) is 4.37. The molecule has 1 aromatic rings. The van der Waals surface area contributed by atoms with Gasteiger partial charge in [-0.15, -0.1) is 0 Å². The summed E-state index contributed by atoms with van der Waals surface area (Å²) >= 11 is 5.96. The number of ether oxygens (including phenoxy) is 1. The molecule has 6 nitrogen and oxygen atoms in total. The van der Waals surface area contributed by atoms with Gasteiger partial charge >= 0.3 is 5.97 Å². The van der Waals surface area contributed by atoms with E-state index in [-0.39, 0.29) is 34.6 Å². The van der Waals surface area contributed by atoms with Gasteiger partial charge in [-0.05, 0) is 31.5 Å². The molecule has 120 valence electrons. The summed E-state index contributed by atoms with van der Waals surface area (Å²) in [4.78, 5) is 34.9. The van der Waals surface area contributed by atoms with Crippen LogP contribution in [0.15, 0.2) is 18.2 Å². The third-order valence-electron chi connectivity index (χ3n) is 3.00. The number of carbonyl (C=O) groups is 3. The highest BCUT2D eigenvalue weighted by atomic mass is 35.5. The lowest BCUT2D eigenvalue weighted by Gasteiger charge is -2.12. The zero-order valence-corrected chi connectivity index (χ0v) is 13.5. The first-order valence-electron chi connectivity index (χ1n) is 6.84. The SMILES string of the molecule is CCC(C)NC(=O)CC(=O)Nc1cc(C(=O)OC)ccc1Cl. The minimum absolute atomic E-state index is 0.00606. The third kappa shape index (κ3) is 5.37. The quantitative estimate of drug-likeness (QED) is 0.621. The molecule has 1 aromatic carbocycles. The zero-order chi connectivity index (χ0) is 16.7. The Balaban J connectivity index is 2.71. The molecule has 0 saturated heterocycles. The van der Waals surface area contributed by atoms with E-state index < -0.39 is 11.9 Å². The number of rotatable bonds is 6. The summed E-state index contributed by atoms with van der Waals surface area (Å²) in [6.07, 6.45) is 0.462. The molecule has 1 atom stereocenters. The first kappa shape index (κ1) is 18.0. The van der Waals surface area contributed by atoms with Crippen LogP contribution in [0.4, 0.5) is 5.69 Å². The molecule has 1 rings (SSSR count). The number of carbonyl (C=O) groups excluding carboxylic acids is 3. The van der Waals surface area contributed by atoms with Crippen molar-refractivity contribution >= 4 is 35.1 Å².